The van der Waals surface area contributed by atoms with Crippen molar-refractivity contribution in [3.05, 3.63) is 53.1 Å². The summed E-state index contributed by atoms with van der Waals surface area (Å²) in [6, 6.07) is 11.9. The summed E-state index contributed by atoms with van der Waals surface area (Å²) in [4.78, 5) is 12.6. The van der Waals surface area contributed by atoms with Crippen molar-refractivity contribution in [1.82, 2.24) is 0 Å². The first-order valence-electron chi connectivity index (χ1n) is 7.27. The average Bonchev–Trinajstić information content (AvgIpc) is 2.53. The lowest BCUT2D eigenvalue weighted by atomic mass is 9.98. The van der Waals surface area contributed by atoms with Crippen molar-refractivity contribution in [3.63, 3.8) is 0 Å². The van der Waals surface area contributed by atoms with Crippen LogP contribution in [0.3, 0.4) is 0 Å². The Morgan fingerprint density at radius 2 is 2.05 bits per heavy atom. The Morgan fingerprint density at radius 3 is 2.77 bits per heavy atom. The van der Waals surface area contributed by atoms with Crippen LogP contribution in [0.15, 0.2) is 41.3 Å². The lowest BCUT2D eigenvalue weighted by Crippen LogP contribution is -2.16. The van der Waals surface area contributed by atoms with Crippen molar-refractivity contribution in [1.29, 1.82) is 0 Å². The predicted octanol–water partition coefficient (Wildman–Crippen LogP) is 4.17. The van der Waals surface area contributed by atoms with Crippen LogP contribution in [0.25, 0.3) is 0 Å². The minimum atomic E-state index is -0.894. The Morgan fingerprint density at radius 1 is 1.27 bits per heavy atom. The first-order valence-corrected chi connectivity index (χ1v) is 8.09. The van der Waals surface area contributed by atoms with E-state index in [1.54, 1.807) is 6.07 Å². The second-order valence-electron chi connectivity index (χ2n) is 5.41. The molecule has 3 N–H and O–H groups in total. The van der Waals surface area contributed by atoms with Crippen LogP contribution in [-0.2, 0) is 6.42 Å². The molecule has 2 aromatic rings. The number of hydrogen-bond acceptors (Lipinski definition) is 4. The average molecular weight is 314 g/mol. The van der Waals surface area contributed by atoms with E-state index in [1.807, 2.05) is 18.2 Å². The summed E-state index contributed by atoms with van der Waals surface area (Å²) in [5.41, 5.74) is 4.22. The molecule has 22 heavy (non-hydrogen) atoms. The molecule has 114 valence electrons. The molecule has 4 nitrogen and oxygen atoms in total. The van der Waals surface area contributed by atoms with E-state index in [4.69, 9.17) is 0 Å². The van der Waals surface area contributed by atoms with Gasteiger partial charge in [-0.3, -0.25) is 0 Å². The van der Waals surface area contributed by atoms with Gasteiger partial charge in [0, 0.05) is 17.1 Å². The Bertz CT molecular complexity index is 699. The van der Waals surface area contributed by atoms with Gasteiger partial charge in [0.1, 0.15) is 0 Å². The number of carboxylic acids is 1. The van der Waals surface area contributed by atoms with Gasteiger partial charge in [-0.15, -0.1) is 0 Å². The van der Waals surface area contributed by atoms with Crippen molar-refractivity contribution >= 4 is 29.3 Å². The zero-order valence-corrected chi connectivity index (χ0v) is 13.2. The van der Waals surface area contributed by atoms with Gasteiger partial charge in [0.15, 0.2) is 0 Å². The molecule has 2 aromatic carbocycles. The predicted molar refractivity (Wildman–Crippen MR) is 90.9 cm³/mol. The molecule has 0 spiro atoms. The van der Waals surface area contributed by atoms with Crippen molar-refractivity contribution in [3.8, 4) is 0 Å². The van der Waals surface area contributed by atoms with Gasteiger partial charge in [0.2, 0.25) is 0 Å². The molecule has 0 aromatic heterocycles. The molecule has 0 saturated heterocycles. The summed E-state index contributed by atoms with van der Waals surface area (Å²) in [6.45, 7) is 2.88. The quantitative estimate of drug-likeness (QED) is 0.739. The van der Waals surface area contributed by atoms with Crippen LogP contribution >= 0.6 is 11.9 Å². The van der Waals surface area contributed by atoms with Crippen LogP contribution < -0.4 is 10.0 Å². The molecule has 0 bridgehead atoms. The lowest BCUT2D eigenvalue weighted by molar-refractivity contribution is 0.0698. The molecule has 0 aliphatic carbocycles. The van der Waals surface area contributed by atoms with Gasteiger partial charge < -0.3 is 15.1 Å². The zero-order chi connectivity index (χ0) is 15.5. The number of aromatic carboxylic acids is 1. The standard InChI is InChI=1S/C17H18N2O2S/c1-11-4-6-14(7-5-11)22-19-13-9-12-3-2-8-18-16(12)15(10-13)17(20)21/h4-7,9-10,18-19H,2-3,8H2,1H3,(H,20,21). The first kappa shape index (κ1) is 14.8. The highest BCUT2D eigenvalue weighted by atomic mass is 32.2. The number of hydrogen-bond donors (Lipinski definition) is 3. The van der Waals surface area contributed by atoms with Gasteiger partial charge in [0.05, 0.1) is 11.3 Å². The topological polar surface area (TPSA) is 61.4 Å². The van der Waals surface area contributed by atoms with Crippen molar-refractivity contribution < 1.29 is 9.90 Å². The number of carbonyl (C=O) groups is 1. The molecule has 1 aliphatic rings. The van der Waals surface area contributed by atoms with Gasteiger partial charge in [-0.05, 0) is 61.5 Å². The number of carboxylic acid groups (broad SMARTS) is 1. The molecular formula is C17H18N2O2S. The highest BCUT2D eigenvalue weighted by Crippen LogP contribution is 2.32. The fourth-order valence-corrected chi connectivity index (χ4v) is 3.18. The summed E-state index contributed by atoms with van der Waals surface area (Å²) in [6.07, 6.45) is 1.94. The molecule has 1 aliphatic heterocycles. The Labute approximate surface area is 134 Å². The summed E-state index contributed by atoms with van der Waals surface area (Å²) < 4.78 is 3.25. The van der Waals surface area contributed by atoms with E-state index < -0.39 is 5.97 Å². The molecule has 0 unspecified atom stereocenters. The molecule has 0 fully saturated rings. The number of benzene rings is 2. The van der Waals surface area contributed by atoms with Gasteiger partial charge in [-0.1, -0.05) is 17.7 Å². The number of fused-ring (bicyclic) bond motifs is 1. The molecule has 0 radical (unpaired) electrons. The van der Waals surface area contributed by atoms with Crippen molar-refractivity contribution in [2.75, 3.05) is 16.6 Å². The largest absolute Gasteiger partial charge is 0.478 e. The number of nitrogens with one attached hydrogen (secondary N) is 2. The van der Waals surface area contributed by atoms with Crippen molar-refractivity contribution in [2.24, 2.45) is 0 Å². The van der Waals surface area contributed by atoms with E-state index in [0.717, 1.165) is 41.2 Å². The minimum absolute atomic E-state index is 0.337. The summed E-state index contributed by atoms with van der Waals surface area (Å²) in [5.74, 6) is -0.894. The third-order valence-electron chi connectivity index (χ3n) is 3.68. The number of aryl methyl sites for hydroxylation is 2. The third-order valence-corrected chi connectivity index (χ3v) is 4.53. The molecular weight excluding hydrogens is 296 g/mol. The van der Waals surface area contributed by atoms with Crippen LogP contribution in [0.4, 0.5) is 11.4 Å². The number of anilines is 2. The molecule has 5 heteroatoms. The summed E-state index contributed by atoms with van der Waals surface area (Å²) in [5, 5.41) is 12.6. The molecule has 0 atom stereocenters. The lowest BCUT2D eigenvalue weighted by Gasteiger charge is -2.21. The second kappa shape index (κ2) is 6.32. The normalized spacial score (nSPS) is 13.1. The van der Waals surface area contributed by atoms with Gasteiger partial charge >= 0.3 is 5.97 Å². The third kappa shape index (κ3) is 3.20. The summed E-state index contributed by atoms with van der Waals surface area (Å²) in [7, 11) is 0. The van der Waals surface area contributed by atoms with E-state index in [0.29, 0.717) is 5.56 Å². The Balaban J connectivity index is 1.83. The fourth-order valence-electron chi connectivity index (χ4n) is 2.55. The van der Waals surface area contributed by atoms with E-state index in [1.165, 1.54) is 17.5 Å². The van der Waals surface area contributed by atoms with E-state index in [9.17, 15) is 9.90 Å². The molecule has 1 heterocycles. The van der Waals surface area contributed by atoms with E-state index in [-0.39, 0.29) is 0 Å². The second-order valence-corrected chi connectivity index (χ2v) is 6.29. The van der Waals surface area contributed by atoms with Crippen LogP contribution in [-0.4, -0.2) is 17.6 Å². The summed E-state index contributed by atoms with van der Waals surface area (Å²) >= 11 is 1.49. The van der Waals surface area contributed by atoms with E-state index in [2.05, 4.69) is 29.1 Å². The van der Waals surface area contributed by atoms with Crippen LogP contribution in [0, 0.1) is 6.92 Å². The maximum Gasteiger partial charge on any atom is 0.337 e. The number of rotatable bonds is 4. The van der Waals surface area contributed by atoms with Crippen molar-refractivity contribution in [2.45, 2.75) is 24.7 Å². The monoisotopic (exact) mass is 314 g/mol. The minimum Gasteiger partial charge on any atom is -0.478 e. The SMILES string of the molecule is Cc1ccc(SNc2cc3c(c(C(=O)O)c2)NCCC3)cc1. The maximum absolute atomic E-state index is 11.5. The molecule has 0 saturated carbocycles. The highest BCUT2D eigenvalue weighted by molar-refractivity contribution is 8.00. The Kier molecular flexibility index (Phi) is 4.24. The van der Waals surface area contributed by atoms with Gasteiger partial charge in [-0.25, -0.2) is 4.79 Å². The van der Waals surface area contributed by atoms with Crippen LogP contribution in [0.5, 0.6) is 0 Å². The molecule has 0 amide bonds. The van der Waals surface area contributed by atoms with E-state index >= 15 is 0 Å². The fraction of sp³-hybridized carbons (Fsp3) is 0.235. The smallest absolute Gasteiger partial charge is 0.337 e. The first-order chi connectivity index (χ1) is 10.6. The Hall–Kier alpha value is -2.14. The van der Waals surface area contributed by atoms with Gasteiger partial charge in [-0.2, -0.15) is 0 Å². The zero-order valence-electron chi connectivity index (χ0n) is 12.3. The highest BCUT2D eigenvalue weighted by Gasteiger charge is 2.18. The van der Waals surface area contributed by atoms with Gasteiger partial charge in [0.25, 0.3) is 0 Å². The van der Waals surface area contributed by atoms with Crippen LogP contribution in [0.2, 0.25) is 0 Å². The molecule has 3 rings (SSSR count). The van der Waals surface area contributed by atoms with Crippen LogP contribution in [0.1, 0.15) is 27.9 Å². The maximum atomic E-state index is 11.5.